The summed E-state index contributed by atoms with van der Waals surface area (Å²) in [6.07, 6.45) is 7.84. The van der Waals surface area contributed by atoms with Crippen LogP contribution in [0.2, 0.25) is 0 Å². The summed E-state index contributed by atoms with van der Waals surface area (Å²) >= 11 is 0. The van der Waals surface area contributed by atoms with E-state index in [2.05, 4.69) is 28.2 Å². The van der Waals surface area contributed by atoms with Crippen LogP contribution in [0.5, 0.6) is 0 Å². The summed E-state index contributed by atoms with van der Waals surface area (Å²) in [5.41, 5.74) is 3.41. The molecule has 0 aliphatic carbocycles. The number of aryl methyl sites for hydroxylation is 1. The van der Waals surface area contributed by atoms with Crippen molar-refractivity contribution in [1.29, 1.82) is 0 Å². The zero-order chi connectivity index (χ0) is 18.6. The summed E-state index contributed by atoms with van der Waals surface area (Å²) in [6, 6.07) is 10.4. The molecule has 2 aliphatic rings. The minimum atomic E-state index is 0.197. The van der Waals surface area contributed by atoms with Crippen molar-refractivity contribution in [3.8, 4) is 0 Å². The molecule has 1 atom stereocenters. The standard InChI is InChI=1S/C22H30N4O/c1-24-21(10-11-23-24)20-9-6-12-25(17-20)16-18-7-5-8-19(15-18)22(27)26-13-3-2-4-14-26/h5,7-8,10-11,15,20H,2-4,6,9,12-14,16-17H2,1H3/t20-/m0/s1. The van der Waals surface area contributed by atoms with Crippen LogP contribution in [0.4, 0.5) is 0 Å². The van der Waals surface area contributed by atoms with Crippen molar-refractivity contribution in [1.82, 2.24) is 19.6 Å². The van der Waals surface area contributed by atoms with Crippen molar-refractivity contribution >= 4 is 5.91 Å². The van der Waals surface area contributed by atoms with Gasteiger partial charge in [-0.3, -0.25) is 14.4 Å². The molecule has 2 aliphatic heterocycles. The Morgan fingerprint density at radius 2 is 1.96 bits per heavy atom. The maximum Gasteiger partial charge on any atom is 0.253 e. The van der Waals surface area contributed by atoms with E-state index in [0.717, 1.165) is 51.1 Å². The Bertz CT molecular complexity index is 778. The first kappa shape index (κ1) is 18.2. The molecule has 4 rings (SSSR count). The van der Waals surface area contributed by atoms with E-state index < -0.39 is 0 Å². The van der Waals surface area contributed by atoms with Crippen LogP contribution in [0.25, 0.3) is 0 Å². The Labute approximate surface area is 162 Å². The number of aromatic nitrogens is 2. The van der Waals surface area contributed by atoms with Crippen LogP contribution in [0.1, 0.15) is 59.6 Å². The van der Waals surface area contributed by atoms with Gasteiger partial charge >= 0.3 is 0 Å². The summed E-state index contributed by atoms with van der Waals surface area (Å²) in [7, 11) is 2.03. The molecule has 0 N–H and O–H groups in total. The van der Waals surface area contributed by atoms with Crippen LogP contribution in [0.15, 0.2) is 36.5 Å². The normalized spacial score (nSPS) is 21.4. The average Bonchev–Trinajstić information content (AvgIpc) is 3.14. The van der Waals surface area contributed by atoms with Crippen LogP contribution in [-0.2, 0) is 13.6 Å². The topological polar surface area (TPSA) is 41.4 Å². The average molecular weight is 367 g/mol. The molecule has 2 aromatic rings. The van der Waals surface area contributed by atoms with Gasteiger partial charge in [-0.1, -0.05) is 12.1 Å². The van der Waals surface area contributed by atoms with Gasteiger partial charge in [0.25, 0.3) is 5.91 Å². The highest BCUT2D eigenvalue weighted by molar-refractivity contribution is 5.94. The van der Waals surface area contributed by atoms with Crippen LogP contribution >= 0.6 is 0 Å². The van der Waals surface area contributed by atoms with E-state index in [1.54, 1.807) is 0 Å². The van der Waals surface area contributed by atoms with E-state index in [-0.39, 0.29) is 5.91 Å². The van der Waals surface area contributed by atoms with Gasteiger partial charge in [0.15, 0.2) is 0 Å². The number of piperidine rings is 2. The summed E-state index contributed by atoms with van der Waals surface area (Å²) in [4.78, 5) is 17.3. The number of carbonyl (C=O) groups is 1. The zero-order valence-electron chi connectivity index (χ0n) is 16.3. The van der Waals surface area contributed by atoms with E-state index in [1.807, 2.05) is 35.0 Å². The van der Waals surface area contributed by atoms with Gasteiger partial charge in [0.05, 0.1) is 0 Å². The van der Waals surface area contributed by atoms with Gasteiger partial charge in [0, 0.05) is 56.6 Å². The van der Waals surface area contributed by atoms with Gasteiger partial charge in [-0.05, 0) is 62.4 Å². The molecular weight excluding hydrogens is 336 g/mol. The number of hydrogen-bond donors (Lipinski definition) is 0. The third-order valence-electron chi connectivity index (χ3n) is 6.01. The largest absolute Gasteiger partial charge is 0.339 e. The highest BCUT2D eigenvalue weighted by Gasteiger charge is 2.24. The van der Waals surface area contributed by atoms with Crippen molar-refractivity contribution in [3.05, 3.63) is 53.3 Å². The van der Waals surface area contributed by atoms with Crippen molar-refractivity contribution < 1.29 is 4.79 Å². The molecule has 1 aromatic heterocycles. The number of benzene rings is 1. The van der Waals surface area contributed by atoms with Gasteiger partial charge in [-0.25, -0.2) is 0 Å². The second-order valence-corrected chi connectivity index (χ2v) is 8.01. The zero-order valence-corrected chi connectivity index (χ0v) is 16.3. The second-order valence-electron chi connectivity index (χ2n) is 8.01. The predicted molar refractivity (Wildman–Crippen MR) is 107 cm³/mol. The number of rotatable bonds is 4. The molecular formula is C22H30N4O. The lowest BCUT2D eigenvalue weighted by atomic mass is 9.94. The Kier molecular flexibility index (Phi) is 5.58. The molecule has 2 saturated heterocycles. The maximum absolute atomic E-state index is 12.8. The molecule has 3 heterocycles. The molecule has 27 heavy (non-hydrogen) atoms. The highest BCUT2D eigenvalue weighted by atomic mass is 16.2. The van der Waals surface area contributed by atoms with Gasteiger partial charge < -0.3 is 4.90 Å². The van der Waals surface area contributed by atoms with Crippen LogP contribution < -0.4 is 0 Å². The number of nitrogens with zero attached hydrogens (tertiary/aromatic N) is 4. The minimum Gasteiger partial charge on any atom is -0.339 e. The fourth-order valence-electron chi connectivity index (χ4n) is 4.57. The summed E-state index contributed by atoms with van der Waals surface area (Å²) < 4.78 is 2.01. The Morgan fingerprint density at radius 3 is 2.74 bits per heavy atom. The Hall–Kier alpha value is -2.14. The fourth-order valence-corrected chi connectivity index (χ4v) is 4.57. The van der Waals surface area contributed by atoms with Crippen molar-refractivity contribution in [2.75, 3.05) is 26.2 Å². The van der Waals surface area contributed by atoms with E-state index in [4.69, 9.17) is 0 Å². The van der Waals surface area contributed by atoms with Gasteiger partial charge in [-0.15, -0.1) is 0 Å². The first-order valence-corrected chi connectivity index (χ1v) is 10.3. The van der Waals surface area contributed by atoms with Crippen molar-refractivity contribution in [2.24, 2.45) is 7.05 Å². The minimum absolute atomic E-state index is 0.197. The molecule has 0 bridgehead atoms. The van der Waals surface area contributed by atoms with Crippen LogP contribution in [0, 0.1) is 0 Å². The molecule has 5 nitrogen and oxygen atoms in total. The van der Waals surface area contributed by atoms with E-state index in [0.29, 0.717) is 5.92 Å². The van der Waals surface area contributed by atoms with Gasteiger partial charge in [-0.2, -0.15) is 5.10 Å². The lowest BCUT2D eigenvalue weighted by molar-refractivity contribution is 0.0724. The molecule has 0 spiro atoms. The van der Waals surface area contributed by atoms with Crippen molar-refractivity contribution in [3.63, 3.8) is 0 Å². The number of hydrogen-bond acceptors (Lipinski definition) is 3. The maximum atomic E-state index is 12.8. The molecule has 1 amide bonds. The predicted octanol–water partition coefficient (Wildman–Crippen LogP) is 3.43. The lowest BCUT2D eigenvalue weighted by Crippen LogP contribution is -2.36. The fraction of sp³-hybridized carbons (Fsp3) is 0.545. The first-order chi connectivity index (χ1) is 13.2. The number of amides is 1. The first-order valence-electron chi connectivity index (χ1n) is 10.3. The monoisotopic (exact) mass is 366 g/mol. The SMILES string of the molecule is Cn1nccc1[C@H]1CCCN(Cc2cccc(C(=O)N3CCCCC3)c2)C1. The summed E-state index contributed by atoms with van der Waals surface area (Å²) in [6.45, 7) is 4.90. The third-order valence-corrected chi connectivity index (χ3v) is 6.01. The quantitative estimate of drug-likeness (QED) is 0.832. The van der Waals surface area contributed by atoms with E-state index >= 15 is 0 Å². The highest BCUT2D eigenvalue weighted by Crippen LogP contribution is 2.27. The Morgan fingerprint density at radius 1 is 1.11 bits per heavy atom. The van der Waals surface area contributed by atoms with E-state index in [9.17, 15) is 4.79 Å². The number of carbonyl (C=O) groups excluding carboxylic acids is 1. The molecule has 0 radical (unpaired) electrons. The Balaban J connectivity index is 1.42. The molecule has 144 valence electrons. The summed E-state index contributed by atoms with van der Waals surface area (Å²) in [5, 5.41) is 4.33. The second kappa shape index (κ2) is 8.26. The molecule has 0 saturated carbocycles. The molecule has 2 fully saturated rings. The van der Waals surface area contributed by atoms with E-state index in [1.165, 1.54) is 30.5 Å². The molecule has 5 heteroatoms. The third kappa shape index (κ3) is 4.24. The van der Waals surface area contributed by atoms with Gasteiger partial charge in [0.2, 0.25) is 0 Å². The number of likely N-dealkylation sites (tertiary alicyclic amines) is 2. The van der Waals surface area contributed by atoms with Gasteiger partial charge in [0.1, 0.15) is 0 Å². The molecule has 0 unspecified atom stereocenters. The van der Waals surface area contributed by atoms with Crippen LogP contribution in [-0.4, -0.2) is 51.7 Å². The lowest BCUT2D eigenvalue weighted by Gasteiger charge is -2.33. The smallest absolute Gasteiger partial charge is 0.253 e. The molecule has 1 aromatic carbocycles. The van der Waals surface area contributed by atoms with Crippen molar-refractivity contribution in [2.45, 2.75) is 44.6 Å². The summed E-state index contributed by atoms with van der Waals surface area (Å²) in [5.74, 6) is 0.743. The van der Waals surface area contributed by atoms with Crippen LogP contribution in [0.3, 0.4) is 0 Å².